The number of hydrogen-bond acceptors (Lipinski definition) is 2. The van der Waals surface area contributed by atoms with E-state index in [4.69, 9.17) is 0 Å². The molecule has 2 N–H and O–H groups in total. The SMILES string of the molecule is C=C(N/C(C)=C(C(=O)O)/C(=C\C)C1CCc2ccccc2C1)c1ccc(C)cc1.CC. The van der Waals surface area contributed by atoms with Crippen molar-refractivity contribution in [2.45, 2.75) is 53.9 Å². The smallest absolute Gasteiger partial charge is 0.337 e. The van der Waals surface area contributed by atoms with E-state index in [1.54, 1.807) is 0 Å². The summed E-state index contributed by atoms with van der Waals surface area (Å²) in [4.78, 5) is 12.2. The average Bonchev–Trinajstić information content (AvgIpc) is 2.78. The summed E-state index contributed by atoms with van der Waals surface area (Å²) in [5.74, 6) is -0.705. The van der Waals surface area contributed by atoms with Crippen molar-refractivity contribution >= 4 is 11.7 Å². The van der Waals surface area contributed by atoms with Gasteiger partial charge in [0.1, 0.15) is 0 Å². The van der Waals surface area contributed by atoms with Crippen molar-refractivity contribution in [1.82, 2.24) is 5.32 Å². The maximum absolute atomic E-state index is 12.2. The number of carboxylic acids is 1. The number of benzene rings is 2. The molecule has 1 aliphatic rings. The molecule has 0 aromatic heterocycles. The van der Waals surface area contributed by atoms with Crippen LogP contribution in [0.1, 0.15) is 56.4 Å². The van der Waals surface area contributed by atoms with Gasteiger partial charge in [-0.3, -0.25) is 0 Å². The van der Waals surface area contributed by atoms with E-state index in [0.29, 0.717) is 17.0 Å². The van der Waals surface area contributed by atoms with Gasteiger partial charge in [-0.15, -0.1) is 0 Å². The molecule has 1 atom stereocenters. The quantitative estimate of drug-likeness (QED) is 0.406. The number of nitrogens with one attached hydrogen (secondary N) is 1. The van der Waals surface area contributed by atoms with Crippen LogP contribution >= 0.6 is 0 Å². The fourth-order valence-corrected chi connectivity index (χ4v) is 4.16. The van der Waals surface area contributed by atoms with Crippen molar-refractivity contribution in [1.29, 1.82) is 0 Å². The van der Waals surface area contributed by atoms with Crippen LogP contribution in [0.4, 0.5) is 0 Å². The number of aliphatic carboxylic acids is 1. The highest BCUT2D eigenvalue weighted by atomic mass is 16.4. The highest BCUT2D eigenvalue weighted by Gasteiger charge is 2.27. The minimum Gasteiger partial charge on any atom is -0.478 e. The molecule has 3 rings (SSSR count). The molecule has 3 heteroatoms. The van der Waals surface area contributed by atoms with Crippen LogP contribution in [0.5, 0.6) is 0 Å². The Morgan fingerprint density at radius 2 is 1.71 bits per heavy atom. The Morgan fingerprint density at radius 1 is 1.10 bits per heavy atom. The molecule has 0 saturated carbocycles. The van der Waals surface area contributed by atoms with Gasteiger partial charge in [0, 0.05) is 11.4 Å². The molecule has 2 aromatic rings. The van der Waals surface area contributed by atoms with Gasteiger partial charge in [-0.2, -0.15) is 0 Å². The summed E-state index contributed by atoms with van der Waals surface area (Å²) in [6.07, 6.45) is 4.77. The van der Waals surface area contributed by atoms with Crippen molar-refractivity contribution in [3.05, 3.63) is 100 Å². The predicted octanol–water partition coefficient (Wildman–Crippen LogP) is 6.69. The lowest BCUT2D eigenvalue weighted by Crippen LogP contribution is -2.23. The third-order valence-corrected chi connectivity index (χ3v) is 5.71. The van der Waals surface area contributed by atoms with E-state index >= 15 is 0 Å². The van der Waals surface area contributed by atoms with Gasteiger partial charge in [0.15, 0.2) is 0 Å². The van der Waals surface area contributed by atoms with Gasteiger partial charge in [-0.25, -0.2) is 4.79 Å². The van der Waals surface area contributed by atoms with Crippen LogP contribution in [0.25, 0.3) is 5.70 Å². The average molecular weight is 418 g/mol. The van der Waals surface area contributed by atoms with E-state index in [1.165, 1.54) is 16.7 Å². The van der Waals surface area contributed by atoms with Gasteiger partial charge in [0.05, 0.1) is 5.57 Å². The molecule has 0 fully saturated rings. The lowest BCUT2D eigenvalue weighted by Gasteiger charge is -2.28. The molecule has 31 heavy (non-hydrogen) atoms. The first-order valence-corrected chi connectivity index (χ1v) is 11.1. The zero-order valence-corrected chi connectivity index (χ0v) is 19.5. The summed E-state index contributed by atoms with van der Waals surface area (Å²) in [7, 11) is 0. The van der Waals surface area contributed by atoms with E-state index in [-0.39, 0.29) is 5.92 Å². The standard InChI is InChI=1S/C26H29NO2.C2H6/c1-5-24(23-15-14-21-8-6-7-9-22(21)16-23)25(26(28)29)19(4)27-18(3)20-12-10-17(2)11-13-20;1-2/h5-13,23,27H,3,14-16H2,1-2,4H3,(H,28,29);1-2H3/b24-5-,25-19-;. The Balaban J connectivity index is 0.00000166. The fourth-order valence-electron chi connectivity index (χ4n) is 4.16. The van der Waals surface area contributed by atoms with Crippen molar-refractivity contribution in [3.63, 3.8) is 0 Å². The van der Waals surface area contributed by atoms with Crippen LogP contribution in [-0.2, 0) is 17.6 Å². The third kappa shape index (κ3) is 5.97. The molecule has 0 spiro atoms. The Morgan fingerprint density at radius 3 is 2.29 bits per heavy atom. The van der Waals surface area contributed by atoms with Crippen molar-refractivity contribution in [2.24, 2.45) is 5.92 Å². The number of allylic oxidation sites excluding steroid dienone is 2. The van der Waals surface area contributed by atoms with Crippen LogP contribution in [0.2, 0.25) is 0 Å². The molecule has 0 radical (unpaired) electrons. The second-order valence-electron chi connectivity index (χ2n) is 7.73. The molecule has 1 unspecified atom stereocenters. The number of carboxylic acid groups (broad SMARTS) is 1. The van der Waals surface area contributed by atoms with Gasteiger partial charge < -0.3 is 10.4 Å². The van der Waals surface area contributed by atoms with Gasteiger partial charge in [0.25, 0.3) is 0 Å². The van der Waals surface area contributed by atoms with E-state index in [9.17, 15) is 9.90 Å². The molecule has 2 aromatic carbocycles. The number of rotatable bonds is 6. The van der Waals surface area contributed by atoms with E-state index in [2.05, 4.69) is 36.2 Å². The zero-order chi connectivity index (χ0) is 23.0. The number of fused-ring (bicyclic) bond motifs is 1. The normalized spacial score (nSPS) is 16.3. The monoisotopic (exact) mass is 417 g/mol. The van der Waals surface area contributed by atoms with Crippen LogP contribution in [0, 0.1) is 12.8 Å². The topological polar surface area (TPSA) is 49.3 Å². The summed E-state index contributed by atoms with van der Waals surface area (Å²) in [6, 6.07) is 16.5. The maximum Gasteiger partial charge on any atom is 0.337 e. The Hall–Kier alpha value is -3.07. The molecule has 0 bridgehead atoms. The lowest BCUT2D eigenvalue weighted by atomic mass is 9.77. The van der Waals surface area contributed by atoms with Crippen LogP contribution in [0.15, 0.2) is 78.0 Å². The van der Waals surface area contributed by atoms with Crippen molar-refractivity contribution in [2.75, 3.05) is 0 Å². The Kier molecular flexibility index (Phi) is 8.87. The third-order valence-electron chi connectivity index (χ3n) is 5.71. The summed E-state index contributed by atoms with van der Waals surface area (Å²) >= 11 is 0. The summed E-state index contributed by atoms with van der Waals surface area (Å²) in [6.45, 7) is 13.9. The molecule has 3 nitrogen and oxygen atoms in total. The molecule has 164 valence electrons. The second-order valence-corrected chi connectivity index (χ2v) is 7.73. The van der Waals surface area contributed by atoms with E-state index in [1.807, 2.05) is 65.0 Å². The van der Waals surface area contributed by atoms with E-state index in [0.717, 1.165) is 30.4 Å². The van der Waals surface area contributed by atoms with Crippen LogP contribution < -0.4 is 5.32 Å². The Bertz CT molecular complexity index is 980. The van der Waals surface area contributed by atoms with Gasteiger partial charge in [-0.1, -0.05) is 80.6 Å². The molecule has 0 heterocycles. The summed E-state index contributed by atoms with van der Waals surface area (Å²) < 4.78 is 0. The molecule has 1 aliphatic carbocycles. The van der Waals surface area contributed by atoms with Crippen molar-refractivity contribution in [3.8, 4) is 0 Å². The molecular formula is C28H35NO2. The Labute approximate surface area is 187 Å². The van der Waals surface area contributed by atoms with Crippen molar-refractivity contribution < 1.29 is 9.90 Å². The number of aryl methyl sites for hydroxylation is 2. The summed E-state index contributed by atoms with van der Waals surface area (Å²) in [5, 5.41) is 13.3. The van der Waals surface area contributed by atoms with E-state index < -0.39 is 5.97 Å². The largest absolute Gasteiger partial charge is 0.478 e. The first kappa shape index (κ1) is 24.2. The predicted molar refractivity (Wildman–Crippen MR) is 131 cm³/mol. The lowest BCUT2D eigenvalue weighted by molar-refractivity contribution is -0.132. The van der Waals surface area contributed by atoms with Gasteiger partial charge in [0.2, 0.25) is 0 Å². The second kappa shape index (κ2) is 11.4. The minimum absolute atomic E-state index is 0.199. The molecule has 0 saturated heterocycles. The summed E-state index contributed by atoms with van der Waals surface area (Å²) in [5.41, 5.74) is 7.40. The fraction of sp³-hybridized carbons (Fsp3) is 0.321. The number of hydrogen-bond donors (Lipinski definition) is 2. The van der Waals surface area contributed by atoms with Crippen LogP contribution in [0.3, 0.4) is 0 Å². The number of carbonyl (C=O) groups is 1. The molecule has 0 amide bonds. The van der Waals surface area contributed by atoms with Gasteiger partial charge in [-0.05, 0) is 68.2 Å². The molecule has 0 aliphatic heterocycles. The highest BCUT2D eigenvalue weighted by Crippen LogP contribution is 2.34. The first-order chi connectivity index (χ1) is 14.9. The maximum atomic E-state index is 12.2. The minimum atomic E-state index is -0.904. The van der Waals surface area contributed by atoms with Gasteiger partial charge >= 0.3 is 5.97 Å². The molecular weight excluding hydrogens is 382 g/mol. The first-order valence-electron chi connectivity index (χ1n) is 11.1. The van der Waals surface area contributed by atoms with Crippen LogP contribution in [-0.4, -0.2) is 11.1 Å². The zero-order valence-electron chi connectivity index (χ0n) is 19.5. The highest BCUT2D eigenvalue weighted by molar-refractivity contribution is 5.93.